The number of nitrogens with zero attached hydrogens (tertiary/aromatic N) is 1. The molecule has 1 saturated carbocycles. The average Bonchev–Trinajstić information content (AvgIpc) is 3.18. The van der Waals surface area contributed by atoms with Crippen LogP contribution in [0.4, 0.5) is 10.1 Å². The number of hydrogen-bond acceptors (Lipinski definition) is 5. The van der Waals surface area contributed by atoms with Crippen molar-refractivity contribution in [2.24, 2.45) is 11.8 Å². The van der Waals surface area contributed by atoms with Crippen molar-refractivity contribution in [1.29, 1.82) is 0 Å². The predicted molar refractivity (Wildman–Crippen MR) is 106 cm³/mol. The van der Waals surface area contributed by atoms with E-state index in [1.54, 1.807) is 6.92 Å². The Labute approximate surface area is 174 Å². The van der Waals surface area contributed by atoms with Crippen molar-refractivity contribution in [2.75, 3.05) is 5.32 Å². The number of carbonyl (C=O) groups excluding carboxylic acids is 3. The minimum atomic E-state index is -1.56. The summed E-state index contributed by atoms with van der Waals surface area (Å²) >= 11 is 0. The van der Waals surface area contributed by atoms with Crippen molar-refractivity contribution in [3.8, 4) is 0 Å². The highest BCUT2D eigenvalue weighted by Gasteiger charge is 2.71. The van der Waals surface area contributed by atoms with Gasteiger partial charge in [-0.3, -0.25) is 24.6 Å². The molecule has 3 fully saturated rings. The molecular weight excluding hydrogens is 389 g/mol. The molecule has 1 spiro atoms. The van der Waals surface area contributed by atoms with E-state index < -0.39 is 41.2 Å². The van der Waals surface area contributed by atoms with Gasteiger partial charge >= 0.3 is 0 Å². The van der Waals surface area contributed by atoms with Crippen LogP contribution in [-0.4, -0.2) is 45.9 Å². The van der Waals surface area contributed by atoms with Crippen molar-refractivity contribution in [3.05, 3.63) is 29.6 Å². The molecule has 5 atom stereocenters. The highest BCUT2D eigenvalue weighted by atomic mass is 19.1. The molecule has 8 heteroatoms. The monoisotopic (exact) mass is 415 g/mol. The maximum Gasteiger partial charge on any atom is 0.250 e. The Balaban J connectivity index is 1.63. The second-order valence-corrected chi connectivity index (χ2v) is 9.06. The molecule has 2 saturated heterocycles. The first kappa shape index (κ1) is 19.6. The average molecular weight is 415 g/mol. The van der Waals surface area contributed by atoms with Crippen molar-refractivity contribution >= 4 is 23.4 Å². The lowest BCUT2D eigenvalue weighted by Crippen LogP contribution is -2.55. The molecule has 3 heterocycles. The van der Waals surface area contributed by atoms with Crippen molar-refractivity contribution in [3.63, 3.8) is 0 Å². The minimum absolute atomic E-state index is 0.179. The SMILES string of the molecule is C[C@H](O)[C@@H]1N[C@@]2(C(=O)Nc3ccc(F)cc32)[C@@H]2C(=O)N(C3CCCCCC3)C(=O)[C@H]12. The van der Waals surface area contributed by atoms with Gasteiger partial charge in [-0.2, -0.15) is 0 Å². The van der Waals surface area contributed by atoms with Gasteiger partial charge in [-0.25, -0.2) is 4.39 Å². The maximum atomic E-state index is 14.1. The highest BCUT2D eigenvalue weighted by molar-refractivity contribution is 6.15. The Morgan fingerprint density at radius 1 is 1.13 bits per heavy atom. The third-order valence-corrected chi connectivity index (χ3v) is 7.36. The molecule has 0 unspecified atom stereocenters. The Morgan fingerprint density at radius 2 is 1.83 bits per heavy atom. The van der Waals surface area contributed by atoms with Gasteiger partial charge in [-0.1, -0.05) is 25.7 Å². The summed E-state index contributed by atoms with van der Waals surface area (Å²) < 4.78 is 14.1. The van der Waals surface area contributed by atoms with Gasteiger partial charge in [0.15, 0.2) is 0 Å². The molecule has 0 bridgehead atoms. The molecule has 3 aliphatic heterocycles. The molecule has 30 heavy (non-hydrogen) atoms. The number of likely N-dealkylation sites (tertiary alicyclic amines) is 1. The van der Waals surface area contributed by atoms with Crippen LogP contribution in [0, 0.1) is 17.7 Å². The molecule has 4 aliphatic rings. The zero-order valence-corrected chi connectivity index (χ0v) is 16.9. The van der Waals surface area contributed by atoms with Gasteiger partial charge in [0, 0.05) is 23.3 Å². The standard InChI is InChI=1S/C22H26FN3O4/c1-11(27)18-16-17(20(29)26(19(16)28)13-6-4-2-3-5-7-13)22(25-18)14-10-12(23)8-9-15(14)24-21(22)30/h8-11,13,16-18,25,27H,2-7H2,1H3,(H,24,30)/t11-,16-,17-,18-,22+/m0/s1. The van der Waals surface area contributed by atoms with Crippen molar-refractivity contribution in [1.82, 2.24) is 10.2 Å². The summed E-state index contributed by atoms with van der Waals surface area (Å²) in [4.78, 5) is 41.8. The van der Waals surface area contributed by atoms with Crippen molar-refractivity contribution in [2.45, 2.75) is 69.2 Å². The summed E-state index contributed by atoms with van der Waals surface area (Å²) in [5.41, 5.74) is -0.808. The van der Waals surface area contributed by atoms with Crippen LogP contribution in [0.5, 0.6) is 0 Å². The van der Waals surface area contributed by atoms with Crippen LogP contribution < -0.4 is 10.6 Å². The van der Waals surface area contributed by atoms with Gasteiger partial charge in [0.05, 0.1) is 17.9 Å². The number of aliphatic hydroxyl groups excluding tert-OH is 1. The number of fused-ring (bicyclic) bond motifs is 4. The lowest BCUT2D eigenvalue weighted by atomic mass is 9.76. The number of anilines is 1. The molecule has 3 N–H and O–H groups in total. The largest absolute Gasteiger partial charge is 0.392 e. The van der Waals surface area contributed by atoms with E-state index in [9.17, 15) is 23.9 Å². The molecule has 7 nitrogen and oxygen atoms in total. The molecular formula is C22H26FN3O4. The van der Waals surface area contributed by atoms with Gasteiger partial charge in [0.1, 0.15) is 11.4 Å². The van der Waals surface area contributed by atoms with E-state index in [0.29, 0.717) is 11.3 Å². The summed E-state index contributed by atoms with van der Waals surface area (Å²) in [6.07, 6.45) is 4.62. The quantitative estimate of drug-likeness (QED) is 0.504. The molecule has 0 radical (unpaired) electrons. The molecule has 3 amide bonds. The molecule has 0 aromatic heterocycles. The smallest absolute Gasteiger partial charge is 0.250 e. The number of hydrogen-bond donors (Lipinski definition) is 3. The lowest BCUT2D eigenvalue weighted by molar-refractivity contribution is -0.146. The second kappa shape index (κ2) is 6.85. The van der Waals surface area contributed by atoms with E-state index in [0.717, 1.165) is 38.5 Å². The van der Waals surface area contributed by atoms with E-state index in [4.69, 9.17) is 0 Å². The summed E-state index contributed by atoms with van der Waals surface area (Å²) in [5.74, 6) is -3.59. The first-order valence-electron chi connectivity index (χ1n) is 10.8. The second-order valence-electron chi connectivity index (χ2n) is 9.06. The fourth-order valence-corrected chi connectivity index (χ4v) is 6.02. The zero-order valence-electron chi connectivity index (χ0n) is 16.9. The topological polar surface area (TPSA) is 98.7 Å². The van der Waals surface area contributed by atoms with Crippen LogP contribution in [-0.2, 0) is 19.9 Å². The summed E-state index contributed by atoms with van der Waals surface area (Å²) in [7, 11) is 0. The predicted octanol–water partition coefficient (Wildman–Crippen LogP) is 1.65. The maximum absolute atomic E-state index is 14.1. The van der Waals surface area contributed by atoms with E-state index in [-0.39, 0.29) is 17.9 Å². The van der Waals surface area contributed by atoms with Gasteiger partial charge in [0.2, 0.25) is 17.7 Å². The Hall–Kier alpha value is -2.32. The minimum Gasteiger partial charge on any atom is -0.392 e. The number of benzene rings is 1. The van der Waals surface area contributed by atoms with Gasteiger partial charge in [-0.15, -0.1) is 0 Å². The lowest BCUT2D eigenvalue weighted by Gasteiger charge is -2.32. The summed E-state index contributed by atoms with van der Waals surface area (Å²) in [6, 6.07) is 3.00. The fourth-order valence-electron chi connectivity index (χ4n) is 6.02. The van der Waals surface area contributed by atoms with Gasteiger partial charge in [0.25, 0.3) is 0 Å². The number of halogens is 1. The van der Waals surface area contributed by atoms with Gasteiger partial charge in [-0.05, 0) is 38.0 Å². The van der Waals surface area contributed by atoms with E-state index in [1.807, 2.05) is 0 Å². The first-order chi connectivity index (χ1) is 14.4. The molecule has 1 aromatic carbocycles. The summed E-state index contributed by atoms with van der Waals surface area (Å²) in [5, 5.41) is 16.3. The molecule has 160 valence electrons. The molecule has 5 rings (SSSR count). The Morgan fingerprint density at radius 3 is 2.50 bits per heavy atom. The third kappa shape index (κ3) is 2.53. The van der Waals surface area contributed by atoms with Crippen LogP contribution >= 0.6 is 0 Å². The van der Waals surface area contributed by atoms with E-state index >= 15 is 0 Å². The van der Waals surface area contributed by atoms with Crippen LogP contribution in [0.15, 0.2) is 18.2 Å². The van der Waals surface area contributed by atoms with E-state index in [1.165, 1.54) is 23.1 Å². The van der Waals surface area contributed by atoms with E-state index in [2.05, 4.69) is 10.6 Å². The fraction of sp³-hybridized carbons (Fsp3) is 0.591. The van der Waals surface area contributed by atoms with Crippen molar-refractivity contribution < 1.29 is 23.9 Å². The zero-order chi connectivity index (χ0) is 21.2. The first-order valence-corrected chi connectivity index (χ1v) is 10.8. The number of aliphatic hydroxyl groups is 1. The molecule has 1 aromatic rings. The van der Waals surface area contributed by atoms with Crippen LogP contribution in [0.2, 0.25) is 0 Å². The van der Waals surface area contributed by atoms with Crippen LogP contribution in [0.25, 0.3) is 0 Å². The summed E-state index contributed by atoms with van der Waals surface area (Å²) in [6.45, 7) is 1.54. The normalized spacial score (nSPS) is 34.8. The van der Waals surface area contributed by atoms with Crippen LogP contribution in [0.3, 0.4) is 0 Å². The number of amides is 3. The number of rotatable bonds is 2. The molecule has 1 aliphatic carbocycles. The Kier molecular flexibility index (Phi) is 4.48. The third-order valence-electron chi connectivity index (χ3n) is 7.36. The highest BCUT2D eigenvalue weighted by Crippen LogP contribution is 2.54. The van der Waals surface area contributed by atoms with Gasteiger partial charge < -0.3 is 10.4 Å². The van der Waals surface area contributed by atoms with Crippen LogP contribution in [0.1, 0.15) is 51.0 Å². The number of carbonyl (C=O) groups is 3. The Bertz CT molecular complexity index is 927. The number of imide groups is 1. The number of nitrogens with one attached hydrogen (secondary N) is 2.